The number of ether oxygens (including phenoxy) is 2. The van der Waals surface area contributed by atoms with E-state index >= 15 is 0 Å². The number of rotatable bonds is 6. The van der Waals surface area contributed by atoms with Gasteiger partial charge in [-0.15, -0.1) is 0 Å². The van der Waals surface area contributed by atoms with Gasteiger partial charge in [0.15, 0.2) is 0 Å². The second kappa shape index (κ2) is 5.19. The van der Waals surface area contributed by atoms with Crippen LogP contribution in [0.2, 0.25) is 0 Å². The molecule has 0 aliphatic heterocycles. The molecule has 0 bridgehead atoms. The minimum absolute atomic E-state index is 0.202. The maximum atomic E-state index is 11.1. The summed E-state index contributed by atoms with van der Waals surface area (Å²) in [6.45, 7) is 0.925. The second-order valence-electron chi connectivity index (χ2n) is 3.42. The van der Waals surface area contributed by atoms with Gasteiger partial charge in [-0.1, -0.05) is 0 Å². The maximum absolute atomic E-state index is 11.1. The van der Waals surface area contributed by atoms with Crippen LogP contribution in [0.15, 0.2) is 0 Å². The van der Waals surface area contributed by atoms with Crippen LogP contribution >= 0.6 is 0 Å². The standard InChI is InChI=1S/C9H17NO3/c1-12-8(5-10)4-9(11)13-6-7-2-3-7/h7-8H,2-6,10H2,1H3. The molecule has 1 unspecified atom stereocenters. The largest absolute Gasteiger partial charge is 0.465 e. The van der Waals surface area contributed by atoms with Crippen LogP contribution in [-0.4, -0.2) is 32.3 Å². The zero-order valence-corrected chi connectivity index (χ0v) is 7.99. The molecule has 4 heteroatoms. The van der Waals surface area contributed by atoms with Gasteiger partial charge in [0.1, 0.15) is 0 Å². The molecule has 0 aromatic heterocycles. The molecule has 1 aliphatic rings. The lowest BCUT2D eigenvalue weighted by atomic mass is 10.2. The van der Waals surface area contributed by atoms with Crippen molar-refractivity contribution in [1.82, 2.24) is 0 Å². The van der Waals surface area contributed by atoms with E-state index in [2.05, 4.69) is 0 Å². The summed E-state index contributed by atoms with van der Waals surface area (Å²) in [6, 6.07) is 0. The van der Waals surface area contributed by atoms with Gasteiger partial charge in [0, 0.05) is 13.7 Å². The van der Waals surface area contributed by atoms with Gasteiger partial charge in [-0.3, -0.25) is 4.79 Å². The van der Waals surface area contributed by atoms with Gasteiger partial charge in [0.2, 0.25) is 0 Å². The van der Waals surface area contributed by atoms with Gasteiger partial charge in [0.25, 0.3) is 0 Å². The molecule has 1 rings (SSSR count). The van der Waals surface area contributed by atoms with E-state index in [1.54, 1.807) is 7.11 Å². The molecule has 0 aromatic rings. The van der Waals surface area contributed by atoms with E-state index < -0.39 is 0 Å². The van der Waals surface area contributed by atoms with Gasteiger partial charge in [-0.2, -0.15) is 0 Å². The van der Waals surface area contributed by atoms with E-state index in [0.717, 1.165) is 0 Å². The maximum Gasteiger partial charge on any atom is 0.308 e. The molecule has 13 heavy (non-hydrogen) atoms. The molecule has 0 aromatic carbocycles. The average Bonchev–Trinajstić information content (AvgIpc) is 2.94. The monoisotopic (exact) mass is 187 g/mol. The highest BCUT2D eigenvalue weighted by Gasteiger charge is 2.23. The van der Waals surface area contributed by atoms with Crippen molar-refractivity contribution in [3.8, 4) is 0 Å². The van der Waals surface area contributed by atoms with Crippen molar-refractivity contribution >= 4 is 5.97 Å². The Morgan fingerprint density at radius 1 is 1.62 bits per heavy atom. The highest BCUT2D eigenvalue weighted by Crippen LogP contribution is 2.28. The summed E-state index contributed by atoms with van der Waals surface area (Å²) in [6.07, 6.45) is 2.45. The van der Waals surface area contributed by atoms with Gasteiger partial charge in [-0.05, 0) is 18.8 Å². The van der Waals surface area contributed by atoms with Crippen molar-refractivity contribution in [2.24, 2.45) is 11.7 Å². The highest BCUT2D eigenvalue weighted by atomic mass is 16.5. The normalized spacial score (nSPS) is 18.3. The fourth-order valence-corrected chi connectivity index (χ4v) is 1.00. The minimum atomic E-state index is -0.204. The Bertz CT molecular complexity index is 164. The van der Waals surface area contributed by atoms with Crippen LogP contribution in [0.4, 0.5) is 0 Å². The number of hydrogen-bond donors (Lipinski definition) is 1. The zero-order chi connectivity index (χ0) is 9.68. The summed E-state index contributed by atoms with van der Waals surface area (Å²) in [5.74, 6) is 0.409. The van der Waals surface area contributed by atoms with Crippen molar-refractivity contribution in [1.29, 1.82) is 0 Å². The Morgan fingerprint density at radius 3 is 2.77 bits per heavy atom. The molecule has 1 atom stereocenters. The van der Waals surface area contributed by atoms with Crippen molar-refractivity contribution < 1.29 is 14.3 Å². The summed E-state index contributed by atoms with van der Waals surface area (Å²) < 4.78 is 9.99. The van der Waals surface area contributed by atoms with Gasteiger partial charge < -0.3 is 15.2 Å². The Labute approximate surface area is 78.4 Å². The number of esters is 1. The van der Waals surface area contributed by atoms with E-state index in [-0.39, 0.29) is 18.5 Å². The zero-order valence-electron chi connectivity index (χ0n) is 7.99. The average molecular weight is 187 g/mol. The fourth-order valence-electron chi connectivity index (χ4n) is 1.00. The van der Waals surface area contributed by atoms with Crippen LogP contribution in [0.25, 0.3) is 0 Å². The molecule has 1 saturated carbocycles. The third kappa shape index (κ3) is 4.24. The van der Waals surface area contributed by atoms with Crippen LogP contribution in [0, 0.1) is 5.92 Å². The second-order valence-corrected chi connectivity index (χ2v) is 3.42. The molecule has 76 valence electrons. The van der Waals surface area contributed by atoms with E-state index in [4.69, 9.17) is 15.2 Å². The van der Waals surface area contributed by atoms with Crippen molar-refractivity contribution in [2.75, 3.05) is 20.3 Å². The first kappa shape index (κ1) is 10.5. The molecule has 0 amide bonds. The minimum Gasteiger partial charge on any atom is -0.465 e. The van der Waals surface area contributed by atoms with E-state index in [9.17, 15) is 4.79 Å². The number of carbonyl (C=O) groups is 1. The fraction of sp³-hybridized carbons (Fsp3) is 0.889. The summed E-state index contributed by atoms with van der Waals surface area (Å²) in [5, 5.41) is 0. The smallest absolute Gasteiger partial charge is 0.308 e. The summed E-state index contributed by atoms with van der Waals surface area (Å²) in [7, 11) is 1.55. The quantitative estimate of drug-likeness (QED) is 0.608. The third-order valence-corrected chi connectivity index (χ3v) is 2.17. The Morgan fingerprint density at radius 2 is 2.31 bits per heavy atom. The first-order valence-corrected chi connectivity index (χ1v) is 4.64. The van der Waals surface area contributed by atoms with Crippen molar-refractivity contribution in [2.45, 2.75) is 25.4 Å². The third-order valence-electron chi connectivity index (χ3n) is 2.17. The van der Waals surface area contributed by atoms with Crippen molar-refractivity contribution in [3.63, 3.8) is 0 Å². The van der Waals surface area contributed by atoms with E-state index in [1.807, 2.05) is 0 Å². The first-order chi connectivity index (χ1) is 6.26. The molecule has 0 radical (unpaired) electrons. The first-order valence-electron chi connectivity index (χ1n) is 4.64. The molecule has 4 nitrogen and oxygen atoms in total. The van der Waals surface area contributed by atoms with Crippen LogP contribution < -0.4 is 5.73 Å². The predicted molar refractivity (Wildman–Crippen MR) is 48.2 cm³/mol. The molecule has 0 saturated heterocycles. The van der Waals surface area contributed by atoms with Crippen LogP contribution in [0.1, 0.15) is 19.3 Å². The van der Waals surface area contributed by atoms with Gasteiger partial charge in [0.05, 0.1) is 19.1 Å². The number of methoxy groups -OCH3 is 1. The highest BCUT2D eigenvalue weighted by molar-refractivity contribution is 5.70. The van der Waals surface area contributed by atoms with E-state index in [1.165, 1.54) is 12.8 Å². The van der Waals surface area contributed by atoms with E-state index in [0.29, 0.717) is 19.1 Å². The molecule has 0 spiro atoms. The van der Waals surface area contributed by atoms with Gasteiger partial charge >= 0.3 is 5.97 Å². The summed E-state index contributed by atoms with van der Waals surface area (Å²) in [4.78, 5) is 11.1. The summed E-state index contributed by atoms with van der Waals surface area (Å²) >= 11 is 0. The summed E-state index contributed by atoms with van der Waals surface area (Å²) in [5.41, 5.74) is 5.37. The lowest BCUT2D eigenvalue weighted by molar-refractivity contribution is -0.146. The van der Waals surface area contributed by atoms with Crippen LogP contribution in [0.3, 0.4) is 0 Å². The SMILES string of the molecule is COC(CN)CC(=O)OCC1CC1. The molecular weight excluding hydrogens is 170 g/mol. The predicted octanol–water partition coefficient (Wildman–Crippen LogP) is 0.303. The Hall–Kier alpha value is -0.610. The Balaban J connectivity index is 2.07. The van der Waals surface area contributed by atoms with Crippen LogP contribution in [-0.2, 0) is 14.3 Å². The molecule has 0 heterocycles. The Kier molecular flexibility index (Phi) is 4.18. The lowest BCUT2D eigenvalue weighted by Crippen LogP contribution is -2.26. The molecule has 1 aliphatic carbocycles. The molecule has 1 fully saturated rings. The molecule has 2 N–H and O–H groups in total. The lowest BCUT2D eigenvalue weighted by Gasteiger charge is -2.11. The van der Waals surface area contributed by atoms with Crippen molar-refractivity contribution in [3.05, 3.63) is 0 Å². The number of carbonyl (C=O) groups excluding carboxylic acids is 1. The topological polar surface area (TPSA) is 61.5 Å². The van der Waals surface area contributed by atoms with Gasteiger partial charge in [-0.25, -0.2) is 0 Å². The number of hydrogen-bond acceptors (Lipinski definition) is 4. The molecular formula is C9H17NO3. The van der Waals surface area contributed by atoms with Crippen LogP contribution in [0.5, 0.6) is 0 Å². The number of nitrogens with two attached hydrogens (primary N) is 1.